The highest BCUT2D eigenvalue weighted by atomic mass is 19.1. The Morgan fingerprint density at radius 2 is 0.786 bits per heavy atom. The summed E-state index contributed by atoms with van der Waals surface area (Å²) < 4.78 is 27.8. The summed E-state index contributed by atoms with van der Waals surface area (Å²) in [6.45, 7) is 4.35. The summed E-state index contributed by atoms with van der Waals surface area (Å²) in [4.78, 5) is 0. The highest BCUT2D eigenvalue weighted by molar-refractivity contribution is 6.37. The van der Waals surface area contributed by atoms with Gasteiger partial charge in [-0.2, -0.15) is 0 Å². The molecule has 0 bridgehead atoms. The van der Waals surface area contributed by atoms with Crippen molar-refractivity contribution in [3.8, 4) is 44.5 Å². The molecule has 0 amide bonds. The molecule has 0 fully saturated rings. The van der Waals surface area contributed by atoms with Crippen LogP contribution in [0.25, 0.3) is 87.6 Å². The molecule has 0 saturated carbocycles. The first-order valence-electron chi connectivity index (χ1n) is 14.3. The average molecular weight is 543 g/mol. The summed E-state index contributed by atoms with van der Waals surface area (Å²) in [5.41, 5.74) is 11.8. The van der Waals surface area contributed by atoms with Crippen molar-refractivity contribution < 1.29 is 8.78 Å². The van der Waals surface area contributed by atoms with Crippen molar-refractivity contribution in [1.29, 1.82) is 0 Å². The van der Waals surface area contributed by atoms with Crippen molar-refractivity contribution in [2.75, 3.05) is 0 Å². The van der Waals surface area contributed by atoms with E-state index in [1.807, 2.05) is 24.3 Å². The molecule has 2 heteroatoms. The second kappa shape index (κ2) is 8.24. The van der Waals surface area contributed by atoms with Crippen LogP contribution in [0.2, 0.25) is 0 Å². The normalized spacial score (nSPS) is 12.3. The maximum absolute atomic E-state index is 13.9. The Bertz CT molecular complexity index is 2250. The van der Waals surface area contributed by atoms with Crippen molar-refractivity contribution in [2.45, 2.75) is 13.8 Å². The van der Waals surface area contributed by atoms with E-state index < -0.39 is 0 Å². The molecule has 1 aliphatic rings. The maximum Gasteiger partial charge on any atom is 0.123 e. The lowest BCUT2D eigenvalue weighted by molar-refractivity contribution is 0.627. The topological polar surface area (TPSA) is 0 Å². The zero-order valence-electron chi connectivity index (χ0n) is 23.1. The van der Waals surface area contributed by atoms with Crippen LogP contribution >= 0.6 is 0 Å². The highest BCUT2D eigenvalue weighted by Crippen LogP contribution is 2.57. The third kappa shape index (κ3) is 3.10. The van der Waals surface area contributed by atoms with Gasteiger partial charge in [-0.15, -0.1) is 0 Å². The van der Waals surface area contributed by atoms with Crippen LogP contribution < -0.4 is 0 Å². The van der Waals surface area contributed by atoms with Gasteiger partial charge >= 0.3 is 0 Å². The number of halogens is 2. The van der Waals surface area contributed by atoms with Gasteiger partial charge < -0.3 is 0 Å². The molecule has 0 atom stereocenters. The third-order valence-corrected chi connectivity index (χ3v) is 9.13. The number of hydrogen-bond acceptors (Lipinski definition) is 0. The van der Waals surface area contributed by atoms with Crippen LogP contribution in [0.1, 0.15) is 11.1 Å². The van der Waals surface area contributed by atoms with Gasteiger partial charge in [-0.25, -0.2) is 8.78 Å². The SMILES string of the molecule is Cc1cc2c3c(cc(C)cc3c1)-c1c-2c2ccc(-c3ccc(F)cc3)c3ccc4c(-c5ccc(F)cc5)ccc1c4c32. The first kappa shape index (κ1) is 23.6. The van der Waals surface area contributed by atoms with E-state index in [1.165, 1.54) is 90.0 Å². The van der Waals surface area contributed by atoms with E-state index in [-0.39, 0.29) is 11.6 Å². The summed E-state index contributed by atoms with van der Waals surface area (Å²) in [5.74, 6) is -0.482. The molecule has 9 rings (SSSR count). The molecule has 0 aliphatic heterocycles. The quantitative estimate of drug-likeness (QED) is 0.191. The Labute approximate surface area is 241 Å². The van der Waals surface area contributed by atoms with Gasteiger partial charge in [0.1, 0.15) is 11.6 Å². The van der Waals surface area contributed by atoms with Crippen LogP contribution in [-0.2, 0) is 0 Å². The maximum atomic E-state index is 13.9. The number of benzene rings is 8. The van der Waals surface area contributed by atoms with E-state index in [9.17, 15) is 8.78 Å². The lowest BCUT2D eigenvalue weighted by Gasteiger charge is -2.20. The Morgan fingerprint density at radius 3 is 1.21 bits per heavy atom. The second-order valence-corrected chi connectivity index (χ2v) is 11.7. The molecular formula is C40H24F2. The van der Waals surface area contributed by atoms with Crippen molar-refractivity contribution in [3.63, 3.8) is 0 Å². The molecule has 0 aromatic heterocycles. The fourth-order valence-electron chi connectivity index (χ4n) is 7.51. The molecular weight excluding hydrogens is 518 g/mol. The van der Waals surface area contributed by atoms with Gasteiger partial charge in [0.2, 0.25) is 0 Å². The van der Waals surface area contributed by atoms with Gasteiger partial charge in [0.05, 0.1) is 0 Å². The van der Waals surface area contributed by atoms with Crippen molar-refractivity contribution in [2.24, 2.45) is 0 Å². The van der Waals surface area contributed by atoms with E-state index in [1.54, 1.807) is 0 Å². The third-order valence-electron chi connectivity index (χ3n) is 9.13. The summed E-state index contributed by atoms with van der Waals surface area (Å²) >= 11 is 0. The van der Waals surface area contributed by atoms with Crippen LogP contribution in [0.5, 0.6) is 0 Å². The summed E-state index contributed by atoms with van der Waals surface area (Å²) in [7, 11) is 0. The fraction of sp³-hybridized carbons (Fsp3) is 0.0500. The van der Waals surface area contributed by atoms with Crippen LogP contribution in [0.4, 0.5) is 8.78 Å². The Balaban J connectivity index is 1.50. The van der Waals surface area contributed by atoms with E-state index in [0.29, 0.717) is 0 Å². The lowest BCUT2D eigenvalue weighted by atomic mass is 9.82. The van der Waals surface area contributed by atoms with Gasteiger partial charge in [-0.1, -0.05) is 84.9 Å². The van der Waals surface area contributed by atoms with Crippen LogP contribution in [0.15, 0.2) is 109 Å². The predicted octanol–water partition coefficient (Wildman–Crippen LogP) is 11.6. The first-order chi connectivity index (χ1) is 20.5. The van der Waals surface area contributed by atoms with Gasteiger partial charge in [0, 0.05) is 0 Å². The van der Waals surface area contributed by atoms with Gasteiger partial charge in [-0.3, -0.25) is 0 Å². The van der Waals surface area contributed by atoms with E-state index in [2.05, 4.69) is 74.5 Å². The lowest BCUT2D eigenvalue weighted by Crippen LogP contribution is -1.93. The highest BCUT2D eigenvalue weighted by Gasteiger charge is 2.29. The summed E-state index contributed by atoms with van der Waals surface area (Å²) in [6.07, 6.45) is 0. The van der Waals surface area contributed by atoms with Gasteiger partial charge in [0.25, 0.3) is 0 Å². The molecule has 0 N–H and O–H groups in total. The smallest absolute Gasteiger partial charge is 0.123 e. The van der Waals surface area contributed by atoms with Crippen LogP contribution in [0, 0.1) is 25.5 Å². The standard InChI is InChI=1S/C40H24F2/c1-21-17-25-18-22(2)20-35-36(25)34(19-21)39-32-15-11-28(23-3-7-26(41)8-4-23)30-13-14-31-29(24-5-9-27(42)10-6-24)12-16-33(40(35)39)38(31)37(30)32/h3-20H,1-2H3. The largest absolute Gasteiger partial charge is 0.207 e. The van der Waals surface area contributed by atoms with Crippen molar-refractivity contribution in [3.05, 3.63) is 132 Å². The minimum atomic E-state index is -0.241. The van der Waals surface area contributed by atoms with Gasteiger partial charge in [0.15, 0.2) is 0 Å². The molecule has 42 heavy (non-hydrogen) atoms. The zero-order chi connectivity index (χ0) is 28.3. The van der Waals surface area contributed by atoms with Gasteiger partial charge in [-0.05, 0) is 137 Å². The fourth-order valence-corrected chi connectivity index (χ4v) is 7.51. The molecule has 0 unspecified atom stereocenters. The molecule has 0 heterocycles. The average Bonchev–Trinajstić information content (AvgIpc) is 3.31. The minimum absolute atomic E-state index is 0.241. The molecule has 8 aromatic carbocycles. The summed E-state index contributed by atoms with van der Waals surface area (Å²) in [6, 6.07) is 36.1. The van der Waals surface area contributed by atoms with Crippen LogP contribution in [-0.4, -0.2) is 0 Å². The zero-order valence-corrected chi connectivity index (χ0v) is 23.1. The number of hydrogen-bond donors (Lipinski definition) is 0. The summed E-state index contributed by atoms with van der Waals surface area (Å²) in [5, 5.41) is 9.75. The molecule has 0 saturated heterocycles. The first-order valence-corrected chi connectivity index (χ1v) is 14.3. The Kier molecular flexibility index (Phi) is 4.63. The molecule has 0 nitrogen and oxygen atoms in total. The number of aryl methyl sites for hydroxylation is 2. The van der Waals surface area contributed by atoms with Crippen LogP contribution in [0.3, 0.4) is 0 Å². The molecule has 0 radical (unpaired) electrons. The Hall–Kier alpha value is -5.08. The molecule has 1 aliphatic carbocycles. The molecule has 8 aromatic rings. The number of fused-ring (bicyclic) bond motifs is 5. The second-order valence-electron chi connectivity index (χ2n) is 11.7. The molecule has 198 valence electrons. The predicted molar refractivity (Wildman–Crippen MR) is 172 cm³/mol. The van der Waals surface area contributed by atoms with E-state index in [4.69, 9.17) is 0 Å². The van der Waals surface area contributed by atoms with E-state index >= 15 is 0 Å². The monoisotopic (exact) mass is 542 g/mol. The van der Waals surface area contributed by atoms with E-state index in [0.717, 1.165) is 33.0 Å². The number of rotatable bonds is 2. The minimum Gasteiger partial charge on any atom is -0.207 e. The van der Waals surface area contributed by atoms with Crippen molar-refractivity contribution in [1.82, 2.24) is 0 Å². The van der Waals surface area contributed by atoms with Crippen molar-refractivity contribution >= 4 is 43.1 Å². The molecule has 0 spiro atoms. The Morgan fingerprint density at radius 1 is 0.381 bits per heavy atom.